The molecule has 0 bridgehead atoms. The lowest BCUT2D eigenvalue weighted by Crippen LogP contribution is -2.26. The predicted octanol–water partition coefficient (Wildman–Crippen LogP) is 2.77. The van der Waals surface area contributed by atoms with Gasteiger partial charge in [0.1, 0.15) is 0 Å². The van der Waals surface area contributed by atoms with E-state index in [1.807, 2.05) is 18.2 Å². The van der Waals surface area contributed by atoms with E-state index in [2.05, 4.69) is 22.2 Å². The van der Waals surface area contributed by atoms with Crippen molar-refractivity contribution >= 4 is 23.6 Å². The first kappa shape index (κ1) is 17.6. The van der Waals surface area contributed by atoms with Gasteiger partial charge in [0.25, 0.3) is 0 Å². The van der Waals surface area contributed by atoms with Gasteiger partial charge in [-0.15, -0.1) is 11.8 Å². The van der Waals surface area contributed by atoms with Crippen LogP contribution in [0.15, 0.2) is 30.3 Å². The Balaban J connectivity index is 1.95. The van der Waals surface area contributed by atoms with E-state index in [1.165, 1.54) is 12.7 Å². The molecule has 0 radical (unpaired) electrons. The third-order valence-electron chi connectivity index (χ3n) is 2.95. The fourth-order valence-electron chi connectivity index (χ4n) is 1.79. The minimum Gasteiger partial charge on any atom is -0.469 e. The highest BCUT2D eigenvalue weighted by atomic mass is 32.2. The Morgan fingerprint density at radius 1 is 1.14 bits per heavy atom. The van der Waals surface area contributed by atoms with E-state index in [1.54, 1.807) is 11.8 Å². The number of hydrogen-bond acceptors (Lipinski definition) is 4. The van der Waals surface area contributed by atoms with Crippen molar-refractivity contribution in [2.75, 3.05) is 19.4 Å². The monoisotopic (exact) mass is 309 g/mol. The minimum atomic E-state index is -0.170. The molecule has 1 aromatic carbocycles. The van der Waals surface area contributed by atoms with Crippen molar-refractivity contribution in [3.05, 3.63) is 35.9 Å². The average molecular weight is 309 g/mol. The Hall–Kier alpha value is -1.49. The Morgan fingerprint density at radius 3 is 2.62 bits per heavy atom. The van der Waals surface area contributed by atoms with Crippen molar-refractivity contribution in [2.45, 2.75) is 31.4 Å². The number of nitrogens with one attached hydrogen (secondary N) is 1. The second-order valence-electron chi connectivity index (χ2n) is 4.72. The maximum absolute atomic E-state index is 11.6. The molecule has 116 valence electrons. The van der Waals surface area contributed by atoms with Gasteiger partial charge in [-0.1, -0.05) is 36.8 Å². The number of methoxy groups -OCH3 is 1. The quantitative estimate of drug-likeness (QED) is 0.533. The van der Waals surface area contributed by atoms with Crippen molar-refractivity contribution < 1.29 is 14.3 Å². The van der Waals surface area contributed by atoms with Gasteiger partial charge >= 0.3 is 5.97 Å². The summed E-state index contributed by atoms with van der Waals surface area (Å²) >= 11 is 1.62. The van der Waals surface area contributed by atoms with Crippen molar-refractivity contribution in [3.63, 3.8) is 0 Å². The van der Waals surface area contributed by atoms with Crippen LogP contribution >= 0.6 is 11.8 Å². The normalized spacial score (nSPS) is 10.1. The molecule has 0 fully saturated rings. The van der Waals surface area contributed by atoms with Crippen molar-refractivity contribution in [3.8, 4) is 0 Å². The lowest BCUT2D eigenvalue weighted by atomic mass is 10.2. The number of ether oxygens (including phenoxy) is 1. The van der Waals surface area contributed by atoms with Gasteiger partial charge in [0, 0.05) is 18.7 Å². The number of rotatable bonds is 10. The summed E-state index contributed by atoms with van der Waals surface area (Å²) in [4.78, 5) is 22.5. The van der Waals surface area contributed by atoms with E-state index < -0.39 is 0 Å². The second kappa shape index (κ2) is 11.2. The first-order chi connectivity index (χ1) is 10.2. The predicted molar refractivity (Wildman–Crippen MR) is 86.1 cm³/mol. The molecule has 1 N–H and O–H groups in total. The number of hydrogen-bond donors (Lipinski definition) is 1. The van der Waals surface area contributed by atoms with E-state index in [4.69, 9.17) is 0 Å². The Bertz CT molecular complexity index is 423. The van der Waals surface area contributed by atoms with Crippen LogP contribution in [0, 0.1) is 0 Å². The first-order valence-corrected chi connectivity index (χ1v) is 8.33. The van der Waals surface area contributed by atoms with Gasteiger partial charge in [0.15, 0.2) is 0 Å². The number of esters is 1. The van der Waals surface area contributed by atoms with Crippen LogP contribution in [0.4, 0.5) is 0 Å². The van der Waals surface area contributed by atoms with Crippen LogP contribution in [0.25, 0.3) is 0 Å². The summed E-state index contributed by atoms with van der Waals surface area (Å²) in [6, 6.07) is 10.1. The summed E-state index contributed by atoms with van der Waals surface area (Å²) in [6.07, 6.45) is 3.08. The molecule has 0 saturated carbocycles. The summed E-state index contributed by atoms with van der Waals surface area (Å²) in [6.45, 7) is 0.673. The molecule has 0 spiro atoms. The summed E-state index contributed by atoms with van der Waals surface area (Å²) < 4.78 is 4.56. The largest absolute Gasteiger partial charge is 0.469 e. The minimum absolute atomic E-state index is 0.0731. The SMILES string of the molecule is COC(=O)CCCCCNC(=O)CSCc1ccccc1. The van der Waals surface area contributed by atoms with Crippen LogP contribution in [-0.4, -0.2) is 31.3 Å². The molecule has 0 aliphatic carbocycles. The van der Waals surface area contributed by atoms with E-state index >= 15 is 0 Å². The molecule has 1 amide bonds. The molecule has 0 aliphatic rings. The maximum atomic E-state index is 11.6. The number of thioether (sulfide) groups is 1. The Labute approximate surface area is 130 Å². The van der Waals surface area contributed by atoms with Crippen LogP contribution in [0.5, 0.6) is 0 Å². The smallest absolute Gasteiger partial charge is 0.305 e. The van der Waals surface area contributed by atoms with E-state index in [0.717, 1.165) is 25.0 Å². The van der Waals surface area contributed by atoms with Crippen molar-refractivity contribution in [1.29, 1.82) is 0 Å². The topological polar surface area (TPSA) is 55.4 Å². The third kappa shape index (κ3) is 9.13. The summed E-state index contributed by atoms with van der Waals surface area (Å²) in [5, 5.41) is 2.90. The molecule has 0 aliphatic heterocycles. The van der Waals surface area contributed by atoms with Gasteiger partial charge in [0.05, 0.1) is 12.9 Å². The molecule has 5 heteroatoms. The molecule has 1 rings (SSSR count). The highest BCUT2D eigenvalue weighted by Gasteiger charge is 2.02. The van der Waals surface area contributed by atoms with Crippen LogP contribution in [0.2, 0.25) is 0 Å². The van der Waals surface area contributed by atoms with Crippen LogP contribution < -0.4 is 5.32 Å². The number of unbranched alkanes of at least 4 members (excludes halogenated alkanes) is 2. The molecule has 0 heterocycles. The van der Waals surface area contributed by atoms with Gasteiger partial charge in [-0.05, 0) is 18.4 Å². The Kier molecular flexibility index (Phi) is 9.37. The van der Waals surface area contributed by atoms with Crippen molar-refractivity contribution in [1.82, 2.24) is 5.32 Å². The molecule has 1 aromatic rings. The molecule has 4 nitrogen and oxygen atoms in total. The zero-order chi connectivity index (χ0) is 15.3. The highest BCUT2D eigenvalue weighted by Crippen LogP contribution is 2.11. The summed E-state index contributed by atoms with van der Waals surface area (Å²) in [7, 11) is 1.40. The van der Waals surface area contributed by atoms with Gasteiger partial charge in [0.2, 0.25) is 5.91 Å². The van der Waals surface area contributed by atoms with Crippen LogP contribution in [0.3, 0.4) is 0 Å². The molecule has 0 saturated heterocycles. The summed E-state index contributed by atoms with van der Waals surface area (Å²) in [5.41, 5.74) is 1.23. The van der Waals surface area contributed by atoms with Crippen LogP contribution in [0.1, 0.15) is 31.2 Å². The maximum Gasteiger partial charge on any atom is 0.305 e. The van der Waals surface area contributed by atoms with Gasteiger partial charge in [-0.3, -0.25) is 9.59 Å². The van der Waals surface area contributed by atoms with Gasteiger partial charge in [-0.25, -0.2) is 0 Å². The zero-order valence-electron chi connectivity index (χ0n) is 12.5. The number of amides is 1. The van der Waals surface area contributed by atoms with Gasteiger partial charge in [-0.2, -0.15) is 0 Å². The third-order valence-corrected chi connectivity index (χ3v) is 3.96. The number of benzene rings is 1. The van der Waals surface area contributed by atoms with Gasteiger partial charge < -0.3 is 10.1 Å². The molecular weight excluding hydrogens is 286 g/mol. The highest BCUT2D eigenvalue weighted by molar-refractivity contribution is 7.99. The molecule has 0 unspecified atom stereocenters. The van der Waals surface area contributed by atoms with E-state index in [0.29, 0.717) is 18.7 Å². The molecule has 21 heavy (non-hydrogen) atoms. The lowest BCUT2D eigenvalue weighted by Gasteiger charge is -2.05. The first-order valence-electron chi connectivity index (χ1n) is 7.17. The summed E-state index contributed by atoms with van der Waals surface area (Å²) in [5.74, 6) is 1.24. The van der Waals surface area contributed by atoms with Crippen LogP contribution in [-0.2, 0) is 20.1 Å². The van der Waals surface area contributed by atoms with E-state index in [-0.39, 0.29) is 11.9 Å². The van der Waals surface area contributed by atoms with E-state index in [9.17, 15) is 9.59 Å². The lowest BCUT2D eigenvalue weighted by molar-refractivity contribution is -0.140. The fraction of sp³-hybridized carbons (Fsp3) is 0.500. The number of carbonyl (C=O) groups excluding carboxylic acids is 2. The average Bonchev–Trinajstić information content (AvgIpc) is 2.51. The number of carbonyl (C=O) groups is 2. The Morgan fingerprint density at radius 2 is 1.90 bits per heavy atom. The zero-order valence-corrected chi connectivity index (χ0v) is 13.3. The molecule has 0 atom stereocenters. The fourth-order valence-corrected chi connectivity index (χ4v) is 2.61. The van der Waals surface area contributed by atoms with Crippen molar-refractivity contribution in [2.24, 2.45) is 0 Å². The standard InChI is InChI=1S/C16H23NO3S/c1-20-16(19)10-6-3-7-11-17-15(18)13-21-12-14-8-4-2-5-9-14/h2,4-5,8-9H,3,6-7,10-13H2,1H3,(H,17,18). The second-order valence-corrected chi connectivity index (χ2v) is 5.70. The molecule has 0 aromatic heterocycles. The molecular formula is C16H23NO3S.